The van der Waals surface area contributed by atoms with E-state index in [4.69, 9.17) is 23.2 Å². The summed E-state index contributed by atoms with van der Waals surface area (Å²) in [6, 6.07) is 4.66. The predicted octanol–water partition coefficient (Wildman–Crippen LogP) is 2.36. The van der Waals surface area contributed by atoms with E-state index in [1.807, 2.05) is 0 Å². The lowest BCUT2D eigenvalue weighted by Gasteiger charge is -2.07. The number of amidine groups is 1. The lowest BCUT2D eigenvalue weighted by Crippen LogP contribution is -2.29. The Morgan fingerprint density at radius 1 is 1.29 bits per heavy atom. The Bertz CT molecular complexity index is 934. The molecule has 0 atom stereocenters. The van der Waals surface area contributed by atoms with Gasteiger partial charge in [0.15, 0.2) is 16.1 Å². The van der Waals surface area contributed by atoms with E-state index < -0.39 is 0 Å². The molecule has 0 aliphatic carbocycles. The molecule has 1 aliphatic rings. The van der Waals surface area contributed by atoms with Gasteiger partial charge in [0.1, 0.15) is 0 Å². The zero-order chi connectivity index (χ0) is 20.1. The van der Waals surface area contributed by atoms with Gasteiger partial charge < -0.3 is 15.2 Å². The number of nitrogens with zero attached hydrogens (tertiary/aromatic N) is 4. The molecule has 2 N–H and O–H groups in total. The molecule has 1 aromatic heterocycles. The molecule has 2 amide bonds. The van der Waals surface area contributed by atoms with E-state index in [-0.39, 0.29) is 24.1 Å². The highest BCUT2D eigenvalue weighted by molar-refractivity contribution is 8.14. The van der Waals surface area contributed by atoms with Crippen LogP contribution in [0.2, 0.25) is 10.0 Å². The van der Waals surface area contributed by atoms with E-state index in [9.17, 15) is 9.59 Å². The lowest BCUT2D eigenvalue weighted by atomic mass is 10.2. The molecule has 12 heteroatoms. The van der Waals surface area contributed by atoms with E-state index in [1.165, 1.54) is 29.6 Å². The van der Waals surface area contributed by atoms with Crippen LogP contribution in [0.15, 0.2) is 28.3 Å². The van der Waals surface area contributed by atoms with Crippen LogP contribution in [0, 0.1) is 0 Å². The minimum atomic E-state index is -0.301. The van der Waals surface area contributed by atoms with Crippen molar-refractivity contribution in [3.8, 4) is 0 Å². The molecule has 148 valence electrons. The number of halogens is 2. The highest BCUT2D eigenvalue weighted by atomic mass is 35.5. The fourth-order valence-corrected chi connectivity index (χ4v) is 3.99. The zero-order valence-electron chi connectivity index (χ0n) is 14.7. The van der Waals surface area contributed by atoms with Gasteiger partial charge >= 0.3 is 0 Å². The Kier molecular flexibility index (Phi) is 7.22. The van der Waals surface area contributed by atoms with Crippen molar-refractivity contribution in [2.75, 3.05) is 18.1 Å². The van der Waals surface area contributed by atoms with Crippen molar-refractivity contribution < 1.29 is 9.59 Å². The first-order valence-electron chi connectivity index (χ1n) is 8.15. The smallest absolute Gasteiger partial charge is 0.251 e. The van der Waals surface area contributed by atoms with E-state index in [2.05, 4.69) is 25.8 Å². The topological polar surface area (TPSA) is 101 Å². The van der Waals surface area contributed by atoms with Crippen LogP contribution >= 0.6 is 46.7 Å². The Hall–Kier alpha value is -1.75. The molecule has 2 heterocycles. The highest BCUT2D eigenvalue weighted by Gasteiger charge is 2.15. The molecule has 28 heavy (non-hydrogen) atoms. The van der Waals surface area contributed by atoms with Gasteiger partial charge in [-0.15, -0.1) is 10.2 Å². The van der Waals surface area contributed by atoms with Gasteiger partial charge in [0.2, 0.25) is 5.91 Å². The molecule has 0 saturated carbocycles. The van der Waals surface area contributed by atoms with E-state index in [1.54, 1.807) is 23.7 Å². The summed E-state index contributed by atoms with van der Waals surface area (Å²) in [5, 5.41) is 15.6. The molecule has 0 fully saturated rings. The normalized spacial score (nSPS) is 13.3. The fraction of sp³-hybridized carbons (Fsp3) is 0.312. The number of thioether (sulfide) groups is 2. The molecule has 0 unspecified atom stereocenters. The first-order valence-corrected chi connectivity index (χ1v) is 10.9. The second-order valence-corrected chi connectivity index (χ2v) is 8.48. The Morgan fingerprint density at radius 2 is 2.11 bits per heavy atom. The van der Waals surface area contributed by atoms with Crippen LogP contribution < -0.4 is 10.6 Å². The van der Waals surface area contributed by atoms with Crippen LogP contribution in [0.1, 0.15) is 16.2 Å². The van der Waals surface area contributed by atoms with Crippen LogP contribution in [-0.4, -0.2) is 49.8 Å². The zero-order valence-corrected chi connectivity index (χ0v) is 17.9. The third kappa shape index (κ3) is 5.40. The number of aliphatic imine (C=N–C) groups is 1. The molecule has 0 radical (unpaired) electrons. The maximum Gasteiger partial charge on any atom is 0.251 e. The molecule has 0 bridgehead atoms. The summed E-state index contributed by atoms with van der Waals surface area (Å²) in [5.74, 6) is 1.21. The van der Waals surface area contributed by atoms with E-state index in [0.717, 1.165) is 12.3 Å². The molecule has 1 aromatic carbocycles. The summed E-state index contributed by atoms with van der Waals surface area (Å²) < 4.78 is 1.73. The van der Waals surface area contributed by atoms with Gasteiger partial charge in [0.05, 0.1) is 28.9 Å². The van der Waals surface area contributed by atoms with Crippen molar-refractivity contribution in [3.05, 3.63) is 39.6 Å². The van der Waals surface area contributed by atoms with Gasteiger partial charge in [-0.2, -0.15) is 0 Å². The summed E-state index contributed by atoms with van der Waals surface area (Å²) in [6.45, 7) is 0.913. The van der Waals surface area contributed by atoms with Crippen molar-refractivity contribution in [2.45, 2.75) is 11.7 Å². The Labute approximate surface area is 179 Å². The number of aromatic nitrogens is 3. The second-order valence-electron chi connectivity index (χ2n) is 5.64. The van der Waals surface area contributed by atoms with E-state index >= 15 is 0 Å². The summed E-state index contributed by atoms with van der Waals surface area (Å²) in [7, 11) is 1.78. The Balaban J connectivity index is 1.51. The van der Waals surface area contributed by atoms with Crippen LogP contribution in [0.4, 0.5) is 0 Å². The molecule has 0 saturated heterocycles. The van der Waals surface area contributed by atoms with Crippen LogP contribution in [0.25, 0.3) is 0 Å². The fourth-order valence-electron chi connectivity index (χ4n) is 2.22. The quantitative estimate of drug-likeness (QED) is 0.644. The van der Waals surface area contributed by atoms with Crippen molar-refractivity contribution >= 4 is 63.7 Å². The second kappa shape index (κ2) is 9.64. The monoisotopic (exact) mass is 458 g/mol. The van der Waals surface area contributed by atoms with Crippen molar-refractivity contribution in [3.63, 3.8) is 0 Å². The number of benzene rings is 1. The van der Waals surface area contributed by atoms with Gasteiger partial charge in [-0.1, -0.05) is 46.7 Å². The lowest BCUT2D eigenvalue weighted by molar-refractivity contribution is -0.117. The molecule has 0 spiro atoms. The summed E-state index contributed by atoms with van der Waals surface area (Å²) in [6.07, 6.45) is 0. The number of amides is 2. The van der Waals surface area contributed by atoms with Gasteiger partial charge in [-0.05, 0) is 18.2 Å². The molecule has 8 nitrogen and oxygen atoms in total. The average Bonchev–Trinajstić information content (AvgIpc) is 3.30. The van der Waals surface area contributed by atoms with Gasteiger partial charge in [0.25, 0.3) is 5.91 Å². The predicted molar refractivity (Wildman–Crippen MR) is 112 cm³/mol. The van der Waals surface area contributed by atoms with Crippen LogP contribution in [0.3, 0.4) is 0 Å². The van der Waals surface area contributed by atoms with E-state index in [0.29, 0.717) is 31.8 Å². The number of rotatable bonds is 6. The third-order valence-corrected chi connectivity index (χ3v) is 6.33. The van der Waals surface area contributed by atoms with Crippen LogP contribution in [0.5, 0.6) is 0 Å². The maximum atomic E-state index is 12.2. The molecular formula is C16H16Cl2N6O2S2. The molecular weight excluding hydrogens is 443 g/mol. The Morgan fingerprint density at radius 3 is 2.82 bits per heavy atom. The third-order valence-electron chi connectivity index (χ3n) is 3.68. The van der Waals surface area contributed by atoms with Crippen molar-refractivity contribution in [2.24, 2.45) is 12.0 Å². The molecule has 2 aromatic rings. The van der Waals surface area contributed by atoms with Gasteiger partial charge in [0, 0.05) is 18.4 Å². The molecule has 1 aliphatic heterocycles. The first-order chi connectivity index (χ1) is 13.4. The largest absolute Gasteiger partial charge is 0.345 e. The summed E-state index contributed by atoms with van der Waals surface area (Å²) in [5.41, 5.74) is 0.399. The standard InChI is InChI=1S/C16H16Cl2N6O2S2/c1-24-12(7-20-14(26)9-2-3-10(17)11(18)6-9)22-23-16(24)28-8-13(25)21-15-19-4-5-27-15/h2-3,6H,4-5,7-8H2,1H3,(H,20,26)(H,19,21,25). The van der Waals surface area contributed by atoms with Crippen molar-refractivity contribution in [1.29, 1.82) is 0 Å². The summed E-state index contributed by atoms with van der Waals surface area (Å²) in [4.78, 5) is 28.4. The number of carbonyl (C=O) groups excluding carboxylic acids is 2. The number of carbonyl (C=O) groups is 2. The van der Waals surface area contributed by atoms with Gasteiger partial charge in [-0.25, -0.2) is 0 Å². The van der Waals surface area contributed by atoms with Crippen LogP contribution in [-0.2, 0) is 18.4 Å². The first kappa shape index (κ1) is 21.0. The van der Waals surface area contributed by atoms with Gasteiger partial charge in [-0.3, -0.25) is 14.6 Å². The minimum Gasteiger partial charge on any atom is -0.345 e. The average molecular weight is 459 g/mol. The minimum absolute atomic E-state index is 0.143. The molecule has 3 rings (SSSR count). The SMILES string of the molecule is Cn1c(CNC(=O)c2ccc(Cl)c(Cl)c2)nnc1SCC(=O)NC1=NCCS1. The maximum absolute atomic E-state index is 12.2. The number of nitrogens with one attached hydrogen (secondary N) is 2. The number of hydrogen-bond acceptors (Lipinski definition) is 7. The number of hydrogen-bond donors (Lipinski definition) is 2. The summed E-state index contributed by atoms with van der Waals surface area (Å²) >= 11 is 14.6. The highest BCUT2D eigenvalue weighted by Crippen LogP contribution is 2.22. The van der Waals surface area contributed by atoms with Crippen molar-refractivity contribution in [1.82, 2.24) is 25.4 Å².